The molecule has 1 aromatic rings. The lowest BCUT2D eigenvalue weighted by Gasteiger charge is -2.51. The quantitative estimate of drug-likeness (QED) is 0.832. The molecular weight excluding hydrogens is 330 g/mol. The molecule has 6 nitrogen and oxygen atoms in total. The van der Waals surface area contributed by atoms with Gasteiger partial charge in [-0.2, -0.15) is 5.26 Å². The van der Waals surface area contributed by atoms with E-state index < -0.39 is 11.2 Å². The molecular formula is C20H27N3O3. The van der Waals surface area contributed by atoms with Gasteiger partial charge < -0.3 is 14.7 Å². The van der Waals surface area contributed by atoms with E-state index in [2.05, 4.69) is 11.1 Å². The Kier molecular flexibility index (Phi) is 4.70. The van der Waals surface area contributed by atoms with Crippen LogP contribution in [0.25, 0.3) is 0 Å². The molecule has 3 rings (SSSR count). The molecule has 0 radical (unpaired) electrons. The van der Waals surface area contributed by atoms with Gasteiger partial charge in [0.1, 0.15) is 17.4 Å². The van der Waals surface area contributed by atoms with Crippen LogP contribution in [0.4, 0.5) is 4.79 Å². The van der Waals surface area contributed by atoms with Crippen LogP contribution in [0.5, 0.6) is 0 Å². The second-order valence-corrected chi connectivity index (χ2v) is 8.57. The van der Waals surface area contributed by atoms with Crippen LogP contribution in [-0.4, -0.2) is 38.8 Å². The zero-order valence-corrected chi connectivity index (χ0v) is 16.0. The third-order valence-electron chi connectivity index (χ3n) is 5.33. The number of ether oxygens (including phenoxy) is 1. The average Bonchev–Trinajstić information content (AvgIpc) is 2.52. The van der Waals surface area contributed by atoms with E-state index in [9.17, 15) is 9.90 Å². The zero-order valence-electron chi connectivity index (χ0n) is 16.0. The monoisotopic (exact) mass is 357 g/mol. The highest BCUT2D eigenvalue weighted by molar-refractivity contribution is 5.69. The van der Waals surface area contributed by atoms with Crippen molar-refractivity contribution in [3.8, 4) is 6.07 Å². The summed E-state index contributed by atoms with van der Waals surface area (Å²) in [4.78, 5) is 18.7. The molecule has 2 unspecified atom stereocenters. The van der Waals surface area contributed by atoms with Crippen molar-refractivity contribution >= 4 is 6.09 Å². The van der Waals surface area contributed by atoms with Crippen molar-refractivity contribution in [3.63, 3.8) is 0 Å². The molecule has 26 heavy (non-hydrogen) atoms. The van der Waals surface area contributed by atoms with Gasteiger partial charge in [0.25, 0.3) is 0 Å². The molecule has 1 N–H and O–H groups in total. The Morgan fingerprint density at radius 2 is 2.00 bits per heavy atom. The number of nitrogens with zero attached hydrogens (tertiary/aromatic N) is 3. The van der Waals surface area contributed by atoms with E-state index in [1.54, 1.807) is 6.20 Å². The first-order chi connectivity index (χ1) is 12.1. The van der Waals surface area contributed by atoms with Crippen molar-refractivity contribution in [2.75, 3.05) is 0 Å². The molecule has 1 amide bonds. The number of amides is 1. The Hall–Kier alpha value is -2.13. The summed E-state index contributed by atoms with van der Waals surface area (Å²) in [6.07, 6.45) is 5.02. The largest absolute Gasteiger partial charge is 0.444 e. The lowest BCUT2D eigenvalue weighted by molar-refractivity contribution is -0.0966. The fourth-order valence-corrected chi connectivity index (χ4v) is 4.22. The number of fused-ring (bicyclic) bond motifs is 2. The predicted molar refractivity (Wildman–Crippen MR) is 96.3 cm³/mol. The SMILES string of the molecule is Cc1cc(C2(O)CC3CCCC(C2)N3C(=O)OC(C)(C)C)cnc1C#N. The number of rotatable bonds is 1. The maximum Gasteiger partial charge on any atom is 0.410 e. The molecule has 6 heteroatoms. The van der Waals surface area contributed by atoms with Crippen LogP contribution in [0.15, 0.2) is 12.3 Å². The number of piperidine rings is 2. The van der Waals surface area contributed by atoms with E-state index in [0.717, 1.165) is 30.4 Å². The van der Waals surface area contributed by atoms with Crippen LogP contribution in [0.2, 0.25) is 0 Å². The van der Waals surface area contributed by atoms with Gasteiger partial charge in [-0.15, -0.1) is 0 Å². The summed E-state index contributed by atoms with van der Waals surface area (Å²) in [5.74, 6) is 0. The molecule has 2 fully saturated rings. The summed E-state index contributed by atoms with van der Waals surface area (Å²) < 4.78 is 5.59. The Morgan fingerprint density at radius 3 is 2.50 bits per heavy atom. The molecule has 1 aromatic heterocycles. The minimum atomic E-state index is -1.03. The van der Waals surface area contributed by atoms with Crippen molar-refractivity contribution in [1.82, 2.24) is 9.88 Å². The molecule has 0 aliphatic carbocycles. The molecule has 2 atom stereocenters. The van der Waals surface area contributed by atoms with E-state index in [1.807, 2.05) is 38.7 Å². The van der Waals surface area contributed by atoms with Crippen LogP contribution in [0.1, 0.15) is 69.7 Å². The maximum atomic E-state index is 12.7. The predicted octanol–water partition coefficient (Wildman–Crippen LogP) is 3.40. The fraction of sp³-hybridized carbons (Fsp3) is 0.650. The number of aryl methyl sites for hydroxylation is 1. The fourth-order valence-electron chi connectivity index (χ4n) is 4.22. The first-order valence-electron chi connectivity index (χ1n) is 9.24. The number of hydrogen-bond acceptors (Lipinski definition) is 5. The van der Waals surface area contributed by atoms with Gasteiger partial charge in [0.05, 0.1) is 5.60 Å². The van der Waals surface area contributed by atoms with Crippen molar-refractivity contribution in [2.45, 2.75) is 83.1 Å². The highest BCUT2D eigenvalue weighted by Crippen LogP contribution is 2.44. The van der Waals surface area contributed by atoms with Crippen molar-refractivity contribution in [1.29, 1.82) is 5.26 Å². The number of pyridine rings is 1. The van der Waals surface area contributed by atoms with E-state index in [-0.39, 0.29) is 18.2 Å². The van der Waals surface area contributed by atoms with E-state index >= 15 is 0 Å². The summed E-state index contributed by atoms with van der Waals surface area (Å²) >= 11 is 0. The molecule has 0 saturated carbocycles. The summed E-state index contributed by atoms with van der Waals surface area (Å²) in [6, 6.07) is 3.82. The number of nitriles is 1. The van der Waals surface area contributed by atoms with Crippen LogP contribution < -0.4 is 0 Å². The van der Waals surface area contributed by atoms with Crippen LogP contribution in [0, 0.1) is 18.3 Å². The van der Waals surface area contributed by atoms with Crippen LogP contribution in [0.3, 0.4) is 0 Å². The maximum absolute atomic E-state index is 12.7. The summed E-state index contributed by atoms with van der Waals surface area (Å²) in [5.41, 5.74) is 0.310. The Morgan fingerprint density at radius 1 is 1.38 bits per heavy atom. The first-order valence-corrected chi connectivity index (χ1v) is 9.24. The van der Waals surface area contributed by atoms with E-state index in [4.69, 9.17) is 10.00 Å². The summed E-state index contributed by atoms with van der Waals surface area (Å²) in [5, 5.41) is 20.4. The van der Waals surface area contributed by atoms with Gasteiger partial charge in [-0.05, 0) is 58.6 Å². The summed E-state index contributed by atoms with van der Waals surface area (Å²) in [6.45, 7) is 7.43. The molecule has 3 heterocycles. The number of carbonyl (C=O) groups is 1. The Balaban J connectivity index is 1.86. The third kappa shape index (κ3) is 3.54. The lowest BCUT2D eigenvalue weighted by atomic mass is 9.73. The lowest BCUT2D eigenvalue weighted by Crippen LogP contribution is -2.59. The summed E-state index contributed by atoms with van der Waals surface area (Å²) in [7, 11) is 0. The van der Waals surface area contributed by atoms with E-state index in [0.29, 0.717) is 18.5 Å². The number of hydrogen-bond donors (Lipinski definition) is 1. The topological polar surface area (TPSA) is 86.4 Å². The Bertz CT molecular complexity index is 734. The second-order valence-electron chi connectivity index (χ2n) is 8.57. The number of carbonyl (C=O) groups excluding carboxylic acids is 1. The standard InChI is InChI=1S/C20H27N3O3/c1-13-8-14(12-22-17(13)11-21)20(25)9-15-6-5-7-16(10-20)23(15)18(24)26-19(2,3)4/h8,12,15-16,25H,5-7,9-10H2,1-4H3. The minimum Gasteiger partial charge on any atom is -0.444 e. The normalized spacial score (nSPS) is 28.4. The molecule has 0 aromatic carbocycles. The zero-order chi connectivity index (χ0) is 19.1. The van der Waals surface area contributed by atoms with Crippen LogP contribution in [-0.2, 0) is 10.3 Å². The smallest absolute Gasteiger partial charge is 0.410 e. The minimum absolute atomic E-state index is 0.0432. The van der Waals surface area contributed by atoms with Crippen LogP contribution >= 0.6 is 0 Å². The van der Waals surface area contributed by atoms with Crippen molar-refractivity contribution in [2.24, 2.45) is 0 Å². The van der Waals surface area contributed by atoms with Crippen molar-refractivity contribution < 1.29 is 14.6 Å². The molecule has 2 saturated heterocycles. The molecule has 2 bridgehead atoms. The average molecular weight is 357 g/mol. The van der Waals surface area contributed by atoms with Gasteiger partial charge in [-0.1, -0.05) is 0 Å². The highest BCUT2D eigenvalue weighted by Gasteiger charge is 2.49. The second kappa shape index (κ2) is 6.55. The van der Waals surface area contributed by atoms with E-state index in [1.165, 1.54) is 0 Å². The van der Waals surface area contributed by atoms with Gasteiger partial charge in [-0.25, -0.2) is 9.78 Å². The highest BCUT2D eigenvalue weighted by atomic mass is 16.6. The van der Waals surface area contributed by atoms with Crippen molar-refractivity contribution in [3.05, 3.63) is 29.1 Å². The van der Waals surface area contributed by atoms with Gasteiger partial charge in [0.2, 0.25) is 0 Å². The van der Waals surface area contributed by atoms with Gasteiger partial charge in [0, 0.05) is 36.7 Å². The first kappa shape index (κ1) is 18.7. The number of aliphatic hydroxyl groups is 1. The molecule has 140 valence electrons. The molecule has 0 spiro atoms. The molecule has 2 aliphatic rings. The molecule has 2 aliphatic heterocycles. The van der Waals surface area contributed by atoms with Gasteiger partial charge in [-0.3, -0.25) is 0 Å². The number of aromatic nitrogens is 1. The van der Waals surface area contributed by atoms with Gasteiger partial charge >= 0.3 is 6.09 Å². The van der Waals surface area contributed by atoms with Gasteiger partial charge in [0.15, 0.2) is 0 Å². The third-order valence-corrected chi connectivity index (χ3v) is 5.33. The Labute approximate surface area is 154 Å².